The molecule has 2 aromatic rings. The number of hydrogen-bond acceptors (Lipinski definition) is 6. The van der Waals surface area contributed by atoms with Crippen LogP contribution in [0.4, 0.5) is 5.69 Å². The zero-order chi connectivity index (χ0) is 15.2. The molecular formula is C13H10N4O4. The van der Waals surface area contributed by atoms with Crippen molar-refractivity contribution in [2.75, 3.05) is 0 Å². The van der Waals surface area contributed by atoms with E-state index in [1.165, 1.54) is 36.7 Å². The highest BCUT2D eigenvalue weighted by molar-refractivity contribution is 5.98. The van der Waals surface area contributed by atoms with Gasteiger partial charge in [0.25, 0.3) is 5.69 Å². The molecule has 0 atom stereocenters. The molecule has 21 heavy (non-hydrogen) atoms. The Labute approximate surface area is 119 Å². The molecule has 0 spiro atoms. The smallest absolute Gasteiger partial charge is 0.372 e. The number of nitrogens with zero attached hydrogens (tertiary/aromatic N) is 3. The number of nitrogens with two attached hydrogens (primary N) is 1. The summed E-state index contributed by atoms with van der Waals surface area (Å²) >= 11 is 0. The number of hydrogen-bond donors (Lipinski definition) is 1. The molecular weight excluding hydrogens is 276 g/mol. The van der Waals surface area contributed by atoms with Gasteiger partial charge in [0, 0.05) is 24.0 Å². The standard InChI is InChI=1S/C13H10N4O4/c14-12(9-5-7-15-8-6-9)16-21-13(18)10-3-1-2-4-11(10)17(19)20/h1-8H,(H2,14,16). The number of rotatable bonds is 4. The molecule has 0 bridgehead atoms. The summed E-state index contributed by atoms with van der Waals surface area (Å²) in [7, 11) is 0. The Balaban J connectivity index is 2.18. The van der Waals surface area contributed by atoms with Crippen LogP contribution in [0.5, 0.6) is 0 Å². The van der Waals surface area contributed by atoms with E-state index in [1.54, 1.807) is 12.1 Å². The van der Waals surface area contributed by atoms with Crippen LogP contribution in [0.2, 0.25) is 0 Å². The first-order valence-electron chi connectivity index (χ1n) is 5.78. The molecule has 8 heteroatoms. The average molecular weight is 286 g/mol. The summed E-state index contributed by atoms with van der Waals surface area (Å²) in [6, 6.07) is 8.57. The molecule has 1 aromatic carbocycles. The Morgan fingerprint density at radius 1 is 1.24 bits per heavy atom. The van der Waals surface area contributed by atoms with Gasteiger partial charge < -0.3 is 10.6 Å². The molecule has 0 aliphatic rings. The number of pyridine rings is 1. The Morgan fingerprint density at radius 3 is 2.57 bits per heavy atom. The topological polar surface area (TPSA) is 121 Å². The Kier molecular flexibility index (Phi) is 4.20. The fourth-order valence-electron chi connectivity index (χ4n) is 1.52. The highest BCUT2D eigenvalue weighted by atomic mass is 16.7. The van der Waals surface area contributed by atoms with E-state index in [1.807, 2.05) is 0 Å². The minimum atomic E-state index is -0.959. The molecule has 1 aromatic heterocycles. The van der Waals surface area contributed by atoms with Gasteiger partial charge >= 0.3 is 5.97 Å². The molecule has 0 aliphatic heterocycles. The van der Waals surface area contributed by atoms with Gasteiger partial charge in [0.2, 0.25) is 0 Å². The second-order valence-electron chi connectivity index (χ2n) is 3.87. The molecule has 1 heterocycles. The quantitative estimate of drug-likeness (QED) is 0.298. The molecule has 0 aliphatic carbocycles. The zero-order valence-electron chi connectivity index (χ0n) is 10.7. The van der Waals surface area contributed by atoms with Gasteiger partial charge in [-0.1, -0.05) is 17.3 Å². The van der Waals surface area contributed by atoms with Crippen LogP contribution in [-0.2, 0) is 4.84 Å². The highest BCUT2D eigenvalue weighted by Crippen LogP contribution is 2.18. The van der Waals surface area contributed by atoms with Crippen molar-refractivity contribution < 1.29 is 14.6 Å². The third-order valence-electron chi connectivity index (χ3n) is 2.52. The van der Waals surface area contributed by atoms with Crippen molar-refractivity contribution in [3.8, 4) is 0 Å². The molecule has 0 fully saturated rings. The lowest BCUT2D eigenvalue weighted by Crippen LogP contribution is -2.15. The van der Waals surface area contributed by atoms with Crippen molar-refractivity contribution in [3.05, 3.63) is 70.0 Å². The fourth-order valence-corrected chi connectivity index (χ4v) is 1.52. The predicted octanol–water partition coefficient (Wildman–Crippen LogP) is 1.47. The lowest BCUT2D eigenvalue weighted by Gasteiger charge is -2.01. The lowest BCUT2D eigenvalue weighted by atomic mass is 10.2. The second-order valence-corrected chi connectivity index (χ2v) is 3.87. The van der Waals surface area contributed by atoms with Crippen molar-refractivity contribution in [3.63, 3.8) is 0 Å². The normalized spacial score (nSPS) is 11.0. The number of nitro groups is 1. The van der Waals surface area contributed by atoms with Crippen LogP contribution >= 0.6 is 0 Å². The van der Waals surface area contributed by atoms with Gasteiger partial charge in [-0.2, -0.15) is 0 Å². The van der Waals surface area contributed by atoms with Crippen molar-refractivity contribution in [2.45, 2.75) is 0 Å². The fraction of sp³-hybridized carbons (Fsp3) is 0. The molecule has 106 valence electrons. The van der Waals surface area contributed by atoms with E-state index in [0.29, 0.717) is 5.56 Å². The van der Waals surface area contributed by atoms with Crippen LogP contribution in [0.25, 0.3) is 0 Å². The first-order valence-corrected chi connectivity index (χ1v) is 5.78. The van der Waals surface area contributed by atoms with Crippen molar-refractivity contribution >= 4 is 17.5 Å². The molecule has 8 nitrogen and oxygen atoms in total. The second kappa shape index (κ2) is 6.24. The monoisotopic (exact) mass is 286 g/mol. The summed E-state index contributed by atoms with van der Waals surface area (Å²) < 4.78 is 0. The third kappa shape index (κ3) is 3.38. The van der Waals surface area contributed by atoms with Crippen molar-refractivity contribution in [2.24, 2.45) is 10.9 Å². The van der Waals surface area contributed by atoms with Gasteiger partial charge in [-0.05, 0) is 18.2 Å². The van der Waals surface area contributed by atoms with E-state index in [2.05, 4.69) is 15.0 Å². The van der Waals surface area contributed by atoms with Gasteiger partial charge in [-0.3, -0.25) is 15.1 Å². The van der Waals surface area contributed by atoms with Crippen LogP contribution in [-0.4, -0.2) is 21.7 Å². The number of carbonyl (C=O) groups is 1. The van der Waals surface area contributed by atoms with Crippen LogP contribution in [0, 0.1) is 10.1 Å². The van der Waals surface area contributed by atoms with E-state index in [4.69, 9.17) is 5.73 Å². The summed E-state index contributed by atoms with van der Waals surface area (Å²) in [6.07, 6.45) is 3.00. The summed E-state index contributed by atoms with van der Waals surface area (Å²) in [5.41, 5.74) is 5.58. The molecule has 0 saturated heterocycles. The molecule has 0 saturated carbocycles. The number of carbonyl (C=O) groups excluding carboxylic acids is 1. The van der Waals surface area contributed by atoms with E-state index in [9.17, 15) is 14.9 Å². The van der Waals surface area contributed by atoms with Crippen molar-refractivity contribution in [1.82, 2.24) is 4.98 Å². The Hall–Kier alpha value is -3.29. The summed E-state index contributed by atoms with van der Waals surface area (Å²) in [5, 5.41) is 14.3. The minimum absolute atomic E-state index is 0.0377. The van der Waals surface area contributed by atoms with Gasteiger partial charge in [0.1, 0.15) is 5.56 Å². The van der Waals surface area contributed by atoms with E-state index in [-0.39, 0.29) is 17.1 Å². The highest BCUT2D eigenvalue weighted by Gasteiger charge is 2.20. The number of nitro benzene ring substituents is 1. The van der Waals surface area contributed by atoms with E-state index < -0.39 is 10.9 Å². The first kappa shape index (κ1) is 14.1. The summed E-state index contributed by atoms with van der Waals surface area (Å²) in [6.45, 7) is 0. The number of benzene rings is 1. The van der Waals surface area contributed by atoms with Crippen LogP contribution < -0.4 is 5.73 Å². The maximum Gasteiger partial charge on any atom is 0.372 e. The van der Waals surface area contributed by atoms with Crippen LogP contribution in [0.3, 0.4) is 0 Å². The number of oxime groups is 1. The van der Waals surface area contributed by atoms with Gasteiger partial charge in [0.05, 0.1) is 4.92 Å². The van der Waals surface area contributed by atoms with Crippen LogP contribution in [0.1, 0.15) is 15.9 Å². The number of amidine groups is 1. The SMILES string of the molecule is N/C(=N\OC(=O)c1ccccc1[N+](=O)[O-])c1ccncc1. The van der Waals surface area contributed by atoms with Gasteiger partial charge in [-0.25, -0.2) is 4.79 Å². The molecule has 0 amide bonds. The summed E-state index contributed by atoms with van der Waals surface area (Å²) in [5.74, 6) is -0.997. The minimum Gasteiger partial charge on any atom is -0.380 e. The van der Waals surface area contributed by atoms with E-state index in [0.717, 1.165) is 0 Å². The maximum atomic E-state index is 11.8. The van der Waals surface area contributed by atoms with E-state index >= 15 is 0 Å². The largest absolute Gasteiger partial charge is 0.380 e. The number of aromatic nitrogens is 1. The first-order chi connectivity index (χ1) is 10.1. The average Bonchev–Trinajstić information content (AvgIpc) is 2.53. The van der Waals surface area contributed by atoms with Crippen molar-refractivity contribution in [1.29, 1.82) is 0 Å². The predicted molar refractivity (Wildman–Crippen MR) is 73.5 cm³/mol. The molecule has 2 rings (SSSR count). The molecule has 0 radical (unpaired) electrons. The van der Waals surface area contributed by atoms with Gasteiger partial charge in [0.15, 0.2) is 5.84 Å². The zero-order valence-corrected chi connectivity index (χ0v) is 10.7. The third-order valence-corrected chi connectivity index (χ3v) is 2.52. The van der Waals surface area contributed by atoms with Gasteiger partial charge in [-0.15, -0.1) is 0 Å². The van der Waals surface area contributed by atoms with Crippen LogP contribution in [0.15, 0.2) is 53.9 Å². The summed E-state index contributed by atoms with van der Waals surface area (Å²) in [4.78, 5) is 30.4. The number of para-hydroxylation sites is 1. The Morgan fingerprint density at radius 2 is 1.90 bits per heavy atom. The Bertz CT molecular complexity index is 700. The maximum absolute atomic E-state index is 11.8. The lowest BCUT2D eigenvalue weighted by molar-refractivity contribution is -0.385. The molecule has 2 N–H and O–H groups in total. The molecule has 0 unspecified atom stereocenters.